The van der Waals surface area contributed by atoms with Gasteiger partial charge in [0.05, 0.1) is 22.5 Å². The van der Waals surface area contributed by atoms with Gasteiger partial charge in [0.25, 0.3) is 5.91 Å². The first-order valence-corrected chi connectivity index (χ1v) is 10.3. The fourth-order valence-corrected chi connectivity index (χ4v) is 4.25. The summed E-state index contributed by atoms with van der Waals surface area (Å²) in [6.07, 6.45) is 0. The van der Waals surface area contributed by atoms with E-state index in [4.69, 9.17) is 0 Å². The normalized spacial score (nSPS) is 11.9. The topological polar surface area (TPSA) is 75.5 Å². The average Bonchev–Trinajstić information content (AvgIpc) is 2.96. The van der Waals surface area contributed by atoms with Gasteiger partial charge in [0, 0.05) is 33.8 Å². The molecule has 0 saturated carbocycles. The quantitative estimate of drug-likeness (QED) is 0.659. The van der Waals surface area contributed by atoms with E-state index in [2.05, 4.69) is 4.98 Å². The van der Waals surface area contributed by atoms with E-state index in [0.29, 0.717) is 16.9 Å². The Morgan fingerprint density at radius 2 is 1.82 bits per heavy atom. The molecule has 0 spiro atoms. The lowest BCUT2D eigenvalue weighted by molar-refractivity contribution is 0.0827. The van der Waals surface area contributed by atoms with E-state index in [9.17, 15) is 13.2 Å². The molecule has 3 rings (SSSR count). The first-order chi connectivity index (χ1) is 13.1. The maximum Gasteiger partial charge on any atom is 0.253 e. The number of imidazole rings is 1. The summed E-state index contributed by atoms with van der Waals surface area (Å²) in [6.45, 7) is 1.98. The van der Waals surface area contributed by atoms with E-state index in [0.717, 1.165) is 11.1 Å². The summed E-state index contributed by atoms with van der Waals surface area (Å²) in [5.74, 6) is 0.497. The van der Waals surface area contributed by atoms with Gasteiger partial charge < -0.3 is 9.47 Å². The highest BCUT2D eigenvalue weighted by molar-refractivity contribution is 7.89. The second-order valence-corrected chi connectivity index (χ2v) is 9.11. The van der Waals surface area contributed by atoms with Gasteiger partial charge in [-0.2, -0.15) is 4.31 Å². The van der Waals surface area contributed by atoms with Crippen LogP contribution in [0.2, 0.25) is 0 Å². The molecule has 0 fully saturated rings. The van der Waals surface area contributed by atoms with Crippen LogP contribution in [0.4, 0.5) is 0 Å². The molecule has 2 aromatic carbocycles. The fraction of sp³-hybridized carbons (Fsp3) is 0.300. The number of hydrogen-bond donors (Lipinski definition) is 0. The molecule has 7 nitrogen and oxygen atoms in total. The third-order valence-electron chi connectivity index (χ3n) is 4.69. The van der Waals surface area contributed by atoms with Crippen molar-refractivity contribution in [3.05, 3.63) is 59.4 Å². The third-order valence-corrected chi connectivity index (χ3v) is 6.49. The third kappa shape index (κ3) is 3.65. The summed E-state index contributed by atoms with van der Waals surface area (Å²) in [5, 5.41) is 0. The van der Waals surface area contributed by atoms with E-state index in [-0.39, 0.29) is 17.3 Å². The Morgan fingerprint density at radius 1 is 1.11 bits per heavy atom. The van der Waals surface area contributed by atoms with Crippen LogP contribution >= 0.6 is 0 Å². The minimum absolute atomic E-state index is 0.103. The number of aromatic nitrogens is 2. The Bertz CT molecular complexity index is 1150. The van der Waals surface area contributed by atoms with Gasteiger partial charge in [0.15, 0.2) is 0 Å². The van der Waals surface area contributed by atoms with Crippen LogP contribution in [0.15, 0.2) is 47.4 Å². The summed E-state index contributed by atoms with van der Waals surface area (Å²) >= 11 is 0. The lowest BCUT2D eigenvalue weighted by atomic mass is 10.2. The average molecular weight is 401 g/mol. The number of fused-ring (bicyclic) bond motifs is 1. The minimum atomic E-state index is -3.63. The summed E-state index contributed by atoms with van der Waals surface area (Å²) in [6, 6.07) is 12.1. The Morgan fingerprint density at radius 3 is 2.46 bits per heavy atom. The van der Waals surface area contributed by atoms with Crippen molar-refractivity contribution >= 4 is 27.0 Å². The lowest BCUT2D eigenvalue weighted by Gasteiger charge is -2.17. The maximum atomic E-state index is 12.9. The van der Waals surface area contributed by atoms with E-state index in [1.54, 1.807) is 44.4 Å². The molecule has 1 amide bonds. The second kappa shape index (κ2) is 7.37. The number of rotatable bonds is 5. The van der Waals surface area contributed by atoms with E-state index < -0.39 is 10.0 Å². The summed E-state index contributed by atoms with van der Waals surface area (Å²) in [4.78, 5) is 18.5. The van der Waals surface area contributed by atoms with Crippen LogP contribution in [-0.2, 0) is 23.6 Å². The maximum absolute atomic E-state index is 12.9. The molecule has 0 unspecified atom stereocenters. The Labute approximate surface area is 165 Å². The molecule has 1 heterocycles. The molecule has 3 aromatic rings. The van der Waals surface area contributed by atoms with Crippen molar-refractivity contribution in [3.63, 3.8) is 0 Å². The smallest absolute Gasteiger partial charge is 0.253 e. The van der Waals surface area contributed by atoms with Crippen molar-refractivity contribution in [2.45, 2.75) is 18.4 Å². The van der Waals surface area contributed by atoms with Gasteiger partial charge in [-0.3, -0.25) is 4.79 Å². The molecule has 28 heavy (non-hydrogen) atoms. The number of hydrogen-bond acceptors (Lipinski definition) is 4. The number of sulfonamides is 1. The van der Waals surface area contributed by atoms with Gasteiger partial charge in [0.1, 0.15) is 5.82 Å². The molecule has 0 bridgehead atoms. The molecule has 0 N–H and O–H groups in total. The van der Waals surface area contributed by atoms with Gasteiger partial charge in [-0.25, -0.2) is 13.4 Å². The highest BCUT2D eigenvalue weighted by Gasteiger charge is 2.23. The molecule has 148 valence electrons. The highest BCUT2D eigenvalue weighted by atomic mass is 32.2. The highest BCUT2D eigenvalue weighted by Crippen LogP contribution is 2.21. The van der Waals surface area contributed by atoms with Crippen LogP contribution in [0.3, 0.4) is 0 Å². The summed E-state index contributed by atoms with van der Waals surface area (Å²) in [7, 11) is 3.14. The first kappa shape index (κ1) is 20.0. The Kier molecular flexibility index (Phi) is 5.27. The molecular weight excluding hydrogens is 376 g/mol. The molecule has 0 aliphatic carbocycles. The molecule has 0 aliphatic heterocycles. The van der Waals surface area contributed by atoms with Gasteiger partial charge in [0.2, 0.25) is 10.0 Å². The van der Waals surface area contributed by atoms with Crippen molar-refractivity contribution in [2.24, 2.45) is 7.05 Å². The SMILES string of the molecule is Cc1cccc(S(=O)(=O)N(C)Cc2nc3cc(C(=O)N(C)C)ccc3n2C)c1. The minimum Gasteiger partial charge on any atom is -0.345 e. The zero-order valence-electron chi connectivity index (χ0n) is 16.7. The first-order valence-electron chi connectivity index (χ1n) is 8.81. The number of amides is 1. The van der Waals surface area contributed by atoms with Crippen LogP contribution in [0.1, 0.15) is 21.7 Å². The van der Waals surface area contributed by atoms with Crippen LogP contribution in [0.25, 0.3) is 11.0 Å². The van der Waals surface area contributed by atoms with Crippen LogP contribution < -0.4 is 0 Å². The van der Waals surface area contributed by atoms with Gasteiger partial charge >= 0.3 is 0 Å². The van der Waals surface area contributed by atoms with Crippen LogP contribution in [0, 0.1) is 6.92 Å². The van der Waals surface area contributed by atoms with Crippen molar-refractivity contribution in [3.8, 4) is 0 Å². The zero-order chi connectivity index (χ0) is 20.6. The number of carbonyl (C=O) groups excluding carboxylic acids is 1. The van der Waals surface area contributed by atoms with Crippen LogP contribution in [0.5, 0.6) is 0 Å². The fourth-order valence-electron chi connectivity index (χ4n) is 3.02. The molecule has 0 saturated heterocycles. The summed E-state index contributed by atoms with van der Waals surface area (Å²) in [5.41, 5.74) is 2.93. The van der Waals surface area contributed by atoms with Gasteiger partial charge in [-0.05, 0) is 42.8 Å². The predicted molar refractivity (Wildman–Crippen MR) is 109 cm³/mol. The Hall–Kier alpha value is -2.71. The lowest BCUT2D eigenvalue weighted by Crippen LogP contribution is -2.27. The van der Waals surface area contributed by atoms with Gasteiger partial charge in [-0.1, -0.05) is 12.1 Å². The van der Waals surface area contributed by atoms with Crippen molar-refractivity contribution in [2.75, 3.05) is 21.1 Å². The second-order valence-electron chi connectivity index (χ2n) is 7.07. The molecule has 0 atom stereocenters. The van der Waals surface area contributed by atoms with Gasteiger partial charge in [-0.15, -0.1) is 0 Å². The predicted octanol–water partition coefficient (Wildman–Crippen LogP) is 2.40. The molecule has 0 aliphatic rings. The summed E-state index contributed by atoms with van der Waals surface area (Å²) < 4.78 is 28.9. The molecule has 8 heteroatoms. The molecule has 0 radical (unpaired) electrons. The Balaban J connectivity index is 1.93. The molecular formula is C20H24N4O3S. The number of carbonyl (C=O) groups is 1. The largest absolute Gasteiger partial charge is 0.345 e. The zero-order valence-corrected chi connectivity index (χ0v) is 17.5. The number of benzene rings is 2. The van der Waals surface area contributed by atoms with E-state index in [1.165, 1.54) is 16.3 Å². The van der Waals surface area contributed by atoms with Crippen molar-refractivity contribution < 1.29 is 13.2 Å². The van der Waals surface area contributed by atoms with Crippen LogP contribution in [-0.4, -0.2) is 54.2 Å². The van der Waals surface area contributed by atoms with E-state index in [1.807, 2.05) is 30.7 Å². The van der Waals surface area contributed by atoms with Crippen molar-refractivity contribution in [1.29, 1.82) is 0 Å². The molecule has 1 aromatic heterocycles. The van der Waals surface area contributed by atoms with E-state index >= 15 is 0 Å². The monoisotopic (exact) mass is 400 g/mol. The standard InChI is InChI=1S/C20H24N4O3S/c1-14-7-6-8-16(11-14)28(26,27)23(4)13-19-21-17-12-15(20(25)22(2)3)9-10-18(17)24(19)5/h6-12H,13H2,1-5H3. The van der Waals surface area contributed by atoms with Crippen molar-refractivity contribution in [1.82, 2.24) is 18.8 Å². The number of aryl methyl sites for hydroxylation is 2. The number of nitrogens with zero attached hydrogens (tertiary/aromatic N) is 4.